The molecule has 0 bridgehead atoms. The molecule has 0 spiro atoms. The Labute approximate surface area is 187 Å². The Morgan fingerprint density at radius 2 is 1.72 bits per heavy atom. The van der Waals surface area contributed by atoms with Crippen LogP contribution in [0.25, 0.3) is 11.0 Å². The van der Waals surface area contributed by atoms with Crippen molar-refractivity contribution in [3.05, 3.63) is 106 Å². The summed E-state index contributed by atoms with van der Waals surface area (Å²) < 4.78 is 1.78. The summed E-state index contributed by atoms with van der Waals surface area (Å²) in [7, 11) is 0. The summed E-state index contributed by atoms with van der Waals surface area (Å²) in [5, 5.41) is 2.95. The number of hydrogen-bond donors (Lipinski definition) is 1. The van der Waals surface area contributed by atoms with Crippen molar-refractivity contribution in [2.24, 2.45) is 0 Å². The highest BCUT2D eigenvalue weighted by Gasteiger charge is 2.15. The quantitative estimate of drug-likeness (QED) is 0.464. The Balaban J connectivity index is 1.50. The Bertz CT molecular complexity index is 1250. The van der Waals surface area contributed by atoms with Crippen LogP contribution in [-0.4, -0.2) is 20.4 Å². The minimum Gasteiger partial charge on any atom is -0.348 e. The number of aromatic nitrogens is 3. The van der Waals surface area contributed by atoms with E-state index in [0.29, 0.717) is 12.2 Å². The molecule has 0 saturated heterocycles. The summed E-state index contributed by atoms with van der Waals surface area (Å²) in [6, 6.07) is 23.1. The topological polar surface area (TPSA) is 76.9 Å². The van der Waals surface area contributed by atoms with Gasteiger partial charge in [-0.15, -0.1) is 0 Å². The molecular weight excluding hydrogens is 400 g/mol. The predicted octanol–water partition coefficient (Wildman–Crippen LogP) is 3.84. The van der Waals surface area contributed by atoms with Crippen molar-refractivity contribution in [2.75, 3.05) is 0 Å². The van der Waals surface area contributed by atoms with Gasteiger partial charge >= 0.3 is 0 Å². The van der Waals surface area contributed by atoms with Crippen LogP contribution in [0.4, 0.5) is 0 Å². The van der Waals surface area contributed by atoms with Gasteiger partial charge in [0.15, 0.2) is 0 Å². The molecular formula is C26H26N4O2. The molecule has 6 nitrogen and oxygen atoms in total. The average molecular weight is 427 g/mol. The van der Waals surface area contributed by atoms with Gasteiger partial charge in [-0.25, -0.2) is 4.98 Å². The third-order valence-corrected chi connectivity index (χ3v) is 5.48. The molecule has 32 heavy (non-hydrogen) atoms. The third-order valence-electron chi connectivity index (χ3n) is 5.48. The van der Waals surface area contributed by atoms with Crippen molar-refractivity contribution in [3.63, 3.8) is 0 Å². The van der Waals surface area contributed by atoms with E-state index in [1.165, 1.54) is 5.56 Å². The van der Waals surface area contributed by atoms with Crippen molar-refractivity contribution >= 4 is 16.9 Å². The summed E-state index contributed by atoms with van der Waals surface area (Å²) in [6.07, 6.45) is 2.93. The molecule has 2 aromatic heterocycles. The number of pyridine rings is 1. The van der Waals surface area contributed by atoms with E-state index in [0.717, 1.165) is 23.1 Å². The summed E-state index contributed by atoms with van der Waals surface area (Å²) in [5.74, 6) is -0.131. The number of amides is 1. The predicted molar refractivity (Wildman–Crippen MR) is 125 cm³/mol. The summed E-state index contributed by atoms with van der Waals surface area (Å²) in [4.78, 5) is 34.6. The first-order valence-corrected chi connectivity index (χ1v) is 10.8. The number of benzene rings is 2. The standard InChI is InChI=1S/C26H26N4O2/c1-19(21-11-7-8-17-27-21)28-25(31)15-14-23-26(32)30(18-16-20-9-3-2-4-10-20)24-13-6-5-12-22(24)29-23/h2-13,17,19H,14-16,18H2,1H3,(H,28,31)/t19-/m0/s1. The van der Waals surface area contributed by atoms with Crippen LogP contribution < -0.4 is 10.9 Å². The van der Waals surface area contributed by atoms with Gasteiger partial charge < -0.3 is 9.88 Å². The van der Waals surface area contributed by atoms with E-state index < -0.39 is 0 Å². The van der Waals surface area contributed by atoms with Crippen molar-refractivity contribution in [2.45, 2.75) is 38.8 Å². The van der Waals surface area contributed by atoms with Crippen LogP contribution in [0.5, 0.6) is 0 Å². The Hall–Kier alpha value is -3.80. The third kappa shape index (κ3) is 5.09. The van der Waals surface area contributed by atoms with Gasteiger partial charge in [0.2, 0.25) is 5.91 Å². The van der Waals surface area contributed by atoms with Gasteiger partial charge in [-0.2, -0.15) is 0 Å². The first-order chi connectivity index (χ1) is 15.6. The lowest BCUT2D eigenvalue weighted by Gasteiger charge is -2.14. The second-order valence-electron chi connectivity index (χ2n) is 7.78. The van der Waals surface area contributed by atoms with Crippen LogP contribution in [0.1, 0.15) is 36.3 Å². The zero-order valence-corrected chi connectivity index (χ0v) is 18.1. The number of hydrogen-bond acceptors (Lipinski definition) is 4. The molecule has 6 heteroatoms. The fourth-order valence-corrected chi connectivity index (χ4v) is 3.77. The van der Waals surface area contributed by atoms with E-state index in [1.807, 2.05) is 67.6 Å². The fraction of sp³-hybridized carbons (Fsp3) is 0.231. The van der Waals surface area contributed by atoms with Gasteiger partial charge in [-0.1, -0.05) is 48.5 Å². The van der Waals surface area contributed by atoms with Gasteiger partial charge in [-0.05, 0) is 43.2 Å². The molecule has 4 aromatic rings. The molecule has 1 atom stereocenters. The first kappa shape index (κ1) is 21.4. The molecule has 0 unspecified atom stereocenters. The van der Waals surface area contributed by atoms with E-state index in [1.54, 1.807) is 10.8 Å². The zero-order chi connectivity index (χ0) is 22.3. The second-order valence-corrected chi connectivity index (χ2v) is 7.78. The van der Waals surface area contributed by atoms with Gasteiger partial charge in [0.05, 0.1) is 22.8 Å². The van der Waals surface area contributed by atoms with Gasteiger partial charge in [0.25, 0.3) is 5.56 Å². The van der Waals surface area contributed by atoms with Gasteiger partial charge in [-0.3, -0.25) is 14.6 Å². The molecule has 0 fully saturated rings. The normalized spacial score (nSPS) is 11.9. The lowest BCUT2D eigenvalue weighted by molar-refractivity contribution is -0.121. The maximum absolute atomic E-state index is 13.2. The van der Waals surface area contributed by atoms with Crippen LogP contribution in [0.2, 0.25) is 0 Å². The minimum absolute atomic E-state index is 0.131. The molecule has 1 amide bonds. The number of carbonyl (C=O) groups is 1. The fourth-order valence-electron chi connectivity index (χ4n) is 3.77. The molecule has 0 aliphatic rings. The molecule has 2 heterocycles. The Kier molecular flexibility index (Phi) is 6.70. The van der Waals surface area contributed by atoms with Crippen LogP contribution in [-0.2, 0) is 24.2 Å². The van der Waals surface area contributed by atoms with E-state index in [4.69, 9.17) is 0 Å². The van der Waals surface area contributed by atoms with Crippen LogP contribution in [0, 0.1) is 0 Å². The maximum atomic E-state index is 13.2. The summed E-state index contributed by atoms with van der Waals surface area (Å²) >= 11 is 0. The molecule has 4 rings (SSSR count). The highest BCUT2D eigenvalue weighted by atomic mass is 16.1. The highest BCUT2D eigenvalue weighted by Crippen LogP contribution is 2.13. The second kappa shape index (κ2) is 10.0. The zero-order valence-electron chi connectivity index (χ0n) is 18.1. The van der Waals surface area contributed by atoms with Crippen LogP contribution >= 0.6 is 0 Å². The van der Waals surface area contributed by atoms with Crippen LogP contribution in [0.3, 0.4) is 0 Å². The number of para-hydroxylation sites is 2. The largest absolute Gasteiger partial charge is 0.348 e. The summed E-state index contributed by atoms with van der Waals surface area (Å²) in [5.41, 5.74) is 3.82. The lowest BCUT2D eigenvalue weighted by atomic mass is 10.1. The first-order valence-electron chi connectivity index (χ1n) is 10.8. The van der Waals surface area contributed by atoms with Crippen molar-refractivity contribution in [1.82, 2.24) is 19.9 Å². The molecule has 0 aliphatic heterocycles. The Morgan fingerprint density at radius 1 is 0.969 bits per heavy atom. The van der Waals surface area contributed by atoms with Crippen molar-refractivity contribution in [3.8, 4) is 0 Å². The number of carbonyl (C=O) groups excluding carboxylic acids is 1. The lowest BCUT2D eigenvalue weighted by Crippen LogP contribution is -2.30. The van der Waals surface area contributed by atoms with Crippen molar-refractivity contribution < 1.29 is 4.79 Å². The number of nitrogens with zero attached hydrogens (tertiary/aromatic N) is 3. The van der Waals surface area contributed by atoms with E-state index >= 15 is 0 Å². The molecule has 0 radical (unpaired) electrons. The number of nitrogens with one attached hydrogen (secondary N) is 1. The van der Waals surface area contributed by atoms with E-state index in [2.05, 4.69) is 27.4 Å². The van der Waals surface area contributed by atoms with Crippen molar-refractivity contribution in [1.29, 1.82) is 0 Å². The van der Waals surface area contributed by atoms with Gasteiger partial charge in [0, 0.05) is 25.6 Å². The smallest absolute Gasteiger partial charge is 0.272 e. The molecule has 1 N–H and O–H groups in total. The van der Waals surface area contributed by atoms with Crippen LogP contribution in [0.15, 0.2) is 83.8 Å². The van der Waals surface area contributed by atoms with E-state index in [-0.39, 0.29) is 30.3 Å². The maximum Gasteiger partial charge on any atom is 0.272 e. The average Bonchev–Trinajstić information content (AvgIpc) is 2.83. The number of rotatable bonds is 8. The Morgan fingerprint density at radius 3 is 2.50 bits per heavy atom. The number of fused-ring (bicyclic) bond motifs is 1. The molecule has 162 valence electrons. The van der Waals surface area contributed by atoms with E-state index in [9.17, 15) is 9.59 Å². The highest BCUT2D eigenvalue weighted by molar-refractivity contribution is 5.77. The molecule has 0 aliphatic carbocycles. The van der Waals surface area contributed by atoms with Gasteiger partial charge in [0.1, 0.15) is 5.69 Å². The number of aryl methyl sites for hydroxylation is 3. The summed E-state index contributed by atoms with van der Waals surface area (Å²) in [6.45, 7) is 2.45. The minimum atomic E-state index is -0.198. The monoisotopic (exact) mass is 426 g/mol. The molecule has 2 aromatic carbocycles. The molecule has 0 saturated carbocycles. The SMILES string of the molecule is C[C@H](NC(=O)CCc1nc2ccccc2n(CCc2ccccc2)c1=O)c1ccccn1.